The van der Waals surface area contributed by atoms with Gasteiger partial charge in [-0.2, -0.15) is 0 Å². The van der Waals surface area contributed by atoms with E-state index in [1.165, 1.54) is 0 Å². The number of amides is 2. The van der Waals surface area contributed by atoms with Crippen LogP contribution in [0.3, 0.4) is 0 Å². The highest BCUT2D eigenvalue weighted by Gasteiger charge is 2.29. The fourth-order valence-corrected chi connectivity index (χ4v) is 3.45. The van der Waals surface area contributed by atoms with Crippen LogP contribution in [0.4, 0.5) is 0 Å². The van der Waals surface area contributed by atoms with Gasteiger partial charge in [-0.25, -0.2) is 0 Å². The van der Waals surface area contributed by atoms with Crippen LogP contribution in [0.1, 0.15) is 29.6 Å². The Morgan fingerprint density at radius 1 is 1.00 bits per heavy atom. The molecule has 0 bridgehead atoms. The Labute approximate surface area is 157 Å². The summed E-state index contributed by atoms with van der Waals surface area (Å²) in [5.41, 5.74) is 0.696. The van der Waals surface area contributed by atoms with Crippen molar-refractivity contribution in [2.45, 2.75) is 25.3 Å². The molecule has 2 saturated heterocycles. The number of benzene rings is 1. The van der Waals surface area contributed by atoms with Gasteiger partial charge in [0.25, 0.3) is 5.91 Å². The van der Waals surface area contributed by atoms with Crippen molar-refractivity contribution in [3.8, 4) is 0 Å². The molecular formula is C17H23BrClN3O2. The second-order valence-corrected chi connectivity index (χ2v) is 7.04. The Balaban J connectivity index is 0.00000208. The van der Waals surface area contributed by atoms with E-state index < -0.39 is 0 Å². The second kappa shape index (κ2) is 8.83. The van der Waals surface area contributed by atoms with E-state index in [0.29, 0.717) is 31.7 Å². The summed E-state index contributed by atoms with van der Waals surface area (Å²) in [4.78, 5) is 28.7. The maximum Gasteiger partial charge on any atom is 0.253 e. The summed E-state index contributed by atoms with van der Waals surface area (Å²) in [6.45, 7) is 3.39. The predicted molar refractivity (Wildman–Crippen MR) is 99.5 cm³/mol. The van der Waals surface area contributed by atoms with Gasteiger partial charge in [0.2, 0.25) is 5.91 Å². The van der Waals surface area contributed by atoms with Gasteiger partial charge in [0.05, 0.1) is 6.04 Å². The first-order valence-corrected chi connectivity index (χ1v) is 9.01. The minimum absolute atomic E-state index is 0. The third-order valence-electron chi connectivity index (χ3n) is 4.58. The minimum Gasteiger partial charge on any atom is -0.338 e. The Hall–Kier alpha value is -1.11. The first-order valence-electron chi connectivity index (χ1n) is 8.22. The molecule has 5 nitrogen and oxygen atoms in total. The molecule has 0 aromatic heterocycles. The molecule has 1 N–H and O–H groups in total. The number of carbonyl (C=O) groups is 2. The molecule has 0 radical (unpaired) electrons. The predicted octanol–water partition coefficient (Wildman–Crippen LogP) is 2.30. The van der Waals surface area contributed by atoms with Gasteiger partial charge in [-0.15, -0.1) is 12.4 Å². The number of piperidine rings is 1. The van der Waals surface area contributed by atoms with E-state index in [-0.39, 0.29) is 30.3 Å². The van der Waals surface area contributed by atoms with E-state index in [4.69, 9.17) is 0 Å². The van der Waals surface area contributed by atoms with Crippen LogP contribution >= 0.6 is 28.3 Å². The molecule has 2 aliphatic heterocycles. The molecule has 2 aliphatic rings. The standard InChI is InChI=1S/C17H22BrN3O2.ClH/c18-14-6-4-13(5-7-14)16(22)20-9-11-21(12-10-20)17(23)15-3-1-2-8-19-15;/h4-7,15,19H,1-3,8-12H2;1H. The molecular weight excluding hydrogens is 394 g/mol. The van der Waals surface area contributed by atoms with Gasteiger partial charge >= 0.3 is 0 Å². The number of nitrogens with zero attached hydrogens (tertiary/aromatic N) is 2. The number of hydrogen-bond donors (Lipinski definition) is 1. The van der Waals surface area contributed by atoms with E-state index in [1.807, 2.05) is 34.1 Å². The summed E-state index contributed by atoms with van der Waals surface area (Å²) in [5.74, 6) is 0.237. The molecule has 0 saturated carbocycles. The number of hydrogen-bond acceptors (Lipinski definition) is 3. The molecule has 7 heteroatoms. The molecule has 2 fully saturated rings. The van der Waals surface area contributed by atoms with Crippen molar-refractivity contribution in [2.24, 2.45) is 0 Å². The van der Waals surface area contributed by atoms with Gasteiger partial charge in [-0.05, 0) is 43.7 Å². The average molecular weight is 417 g/mol. The lowest BCUT2D eigenvalue weighted by Gasteiger charge is -2.37. The van der Waals surface area contributed by atoms with Gasteiger partial charge in [0, 0.05) is 36.2 Å². The lowest BCUT2D eigenvalue weighted by molar-refractivity contribution is -0.135. The van der Waals surface area contributed by atoms with Crippen LogP contribution in [-0.2, 0) is 4.79 Å². The van der Waals surface area contributed by atoms with E-state index in [0.717, 1.165) is 30.3 Å². The Bertz CT molecular complexity index is 568. The lowest BCUT2D eigenvalue weighted by atomic mass is 10.0. The van der Waals surface area contributed by atoms with Gasteiger partial charge in [0.1, 0.15) is 0 Å². The molecule has 0 spiro atoms. The number of nitrogens with one attached hydrogen (secondary N) is 1. The van der Waals surface area contributed by atoms with Crippen LogP contribution in [-0.4, -0.2) is 60.4 Å². The topological polar surface area (TPSA) is 52.7 Å². The Morgan fingerprint density at radius 2 is 1.62 bits per heavy atom. The molecule has 2 amide bonds. The summed E-state index contributed by atoms with van der Waals surface area (Å²) < 4.78 is 0.962. The molecule has 1 atom stereocenters. The molecule has 1 aromatic carbocycles. The lowest BCUT2D eigenvalue weighted by Crippen LogP contribution is -2.55. The molecule has 2 heterocycles. The van der Waals surface area contributed by atoms with Crippen molar-refractivity contribution < 1.29 is 9.59 Å². The van der Waals surface area contributed by atoms with Crippen LogP contribution in [0.25, 0.3) is 0 Å². The SMILES string of the molecule is Cl.O=C(c1ccc(Br)cc1)N1CCN(C(=O)C2CCCCN2)CC1. The average Bonchev–Trinajstić information content (AvgIpc) is 2.62. The quantitative estimate of drug-likeness (QED) is 0.805. The smallest absolute Gasteiger partial charge is 0.253 e. The van der Waals surface area contributed by atoms with E-state index in [1.54, 1.807) is 0 Å². The fraction of sp³-hybridized carbons (Fsp3) is 0.529. The van der Waals surface area contributed by atoms with Gasteiger partial charge in [0.15, 0.2) is 0 Å². The third kappa shape index (κ3) is 4.49. The van der Waals surface area contributed by atoms with Crippen LogP contribution < -0.4 is 5.32 Å². The van der Waals surface area contributed by atoms with Crippen molar-refractivity contribution in [1.82, 2.24) is 15.1 Å². The second-order valence-electron chi connectivity index (χ2n) is 6.13. The summed E-state index contributed by atoms with van der Waals surface area (Å²) in [6, 6.07) is 7.38. The summed E-state index contributed by atoms with van der Waals surface area (Å²) >= 11 is 3.38. The number of piperazine rings is 1. The highest BCUT2D eigenvalue weighted by Crippen LogP contribution is 2.15. The van der Waals surface area contributed by atoms with Gasteiger partial charge < -0.3 is 15.1 Å². The zero-order chi connectivity index (χ0) is 16.2. The van der Waals surface area contributed by atoms with E-state index >= 15 is 0 Å². The van der Waals surface area contributed by atoms with Crippen molar-refractivity contribution in [3.05, 3.63) is 34.3 Å². The molecule has 3 rings (SSSR count). The maximum absolute atomic E-state index is 12.5. The van der Waals surface area contributed by atoms with E-state index in [9.17, 15) is 9.59 Å². The summed E-state index contributed by atoms with van der Waals surface area (Å²) in [7, 11) is 0. The first-order chi connectivity index (χ1) is 11.1. The highest BCUT2D eigenvalue weighted by molar-refractivity contribution is 9.10. The fourth-order valence-electron chi connectivity index (χ4n) is 3.19. The number of rotatable bonds is 2. The molecule has 132 valence electrons. The number of carbonyl (C=O) groups excluding carboxylic acids is 2. The Kier molecular flexibility index (Phi) is 7.07. The van der Waals surface area contributed by atoms with Crippen molar-refractivity contribution in [3.63, 3.8) is 0 Å². The van der Waals surface area contributed by atoms with Crippen LogP contribution in [0, 0.1) is 0 Å². The zero-order valence-corrected chi connectivity index (χ0v) is 15.9. The van der Waals surface area contributed by atoms with Crippen LogP contribution in [0.2, 0.25) is 0 Å². The monoisotopic (exact) mass is 415 g/mol. The molecule has 0 aliphatic carbocycles. The van der Waals surface area contributed by atoms with Crippen LogP contribution in [0.5, 0.6) is 0 Å². The van der Waals surface area contributed by atoms with Crippen molar-refractivity contribution in [2.75, 3.05) is 32.7 Å². The van der Waals surface area contributed by atoms with Gasteiger partial charge in [-0.1, -0.05) is 22.4 Å². The Morgan fingerprint density at radius 3 is 2.21 bits per heavy atom. The minimum atomic E-state index is -0.0301. The van der Waals surface area contributed by atoms with Crippen molar-refractivity contribution >= 4 is 40.2 Å². The van der Waals surface area contributed by atoms with E-state index in [2.05, 4.69) is 21.2 Å². The maximum atomic E-state index is 12.5. The molecule has 1 aromatic rings. The highest BCUT2D eigenvalue weighted by atomic mass is 79.9. The van der Waals surface area contributed by atoms with Crippen LogP contribution in [0.15, 0.2) is 28.7 Å². The normalized spacial score (nSPS) is 21.1. The molecule has 1 unspecified atom stereocenters. The summed E-state index contributed by atoms with van der Waals surface area (Å²) in [5, 5.41) is 3.31. The number of halogens is 2. The zero-order valence-electron chi connectivity index (χ0n) is 13.5. The third-order valence-corrected chi connectivity index (χ3v) is 5.11. The van der Waals surface area contributed by atoms with Gasteiger partial charge in [-0.3, -0.25) is 9.59 Å². The molecule has 24 heavy (non-hydrogen) atoms. The summed E-state index contributed by atoms with van der Waals surface area (Å²) in [6.07, 6.45) is 3.20. The van der Waals surface area contributed by atoms with Crippen molar-refractivity contribution in [1.29, 1.82) is 0 Å². The first kappa shape index (κ1) is 19.2. The largest absolute Gasteiger partial charge is 0.338 e.